The maximum Gasteiger partial charge on any atom is 0.492 e. The Hall–Kier alpha value is -2.29. The highest BCUT2D eigenvalue weighted by atomic mass is 16.5. The molecular formula is C19H21BN2O5. The Bertz CT molecular complexity index is 854. The smallest absolute Gasteiger partial charge is 0.437 e. The van der Waals surface area contributed by atoms with Crippen molar-refractivity contribution in [3.05, 3.63) is 41.3 Å². The zero-order valence-corrected chi connectivity index (χ0v) is 15.1. The Morgan fingerprint density at radius 1 is 1.37 bits per heavy atom. The van der Waals surface area contributed by atoms with Gasteiger partial charge in [0.15, 0.2) is 5.78 Å². The molecule has 1 aromatic heterocycles. The SMILES string of the molecule is Cc1c(Oc2cnc(C(=O)C[C@H](CO)C3CC3)cn2)ccc2c1B(O)OC2. The number of ether oxygens (including phenoxy) is 1. The minimum Gasteiger partial charge on any atom is -0.437 e. The lowest BCUT2D eigenvalue weighted by atomic mass is 9.76. The number of benzene rings is 1. The molecule has 140 valence electrons. The van der Waals surface area contributed by atoms with Crippen LogP contribution in [-0.2, 0) is 11.3 Å². The summed E-state index contributed by atoms with van der Waals surface area (Å²) in [7, 11) is -0.944. The molecule has 1 atom stereocenters. The molecule has 2 aromatic rings. The molecule has 1 saturated carbocycles. The number of Topliss-reactive ketones (excluding diaryl/α,β-unsaturated/α-hetero) is 1. The topological polar surface area (TPSA) is 102 Å². The lowest BCUT2D eigenvalue weighted by Crippen LogP contribution is -2.30. The van der Waals surface area contributed by atoms with Crippen molar-refractivity contribution < 1.29 is 24.3 Å². The van der Waals surface area contributed by atoms with Crippen LogP contribution in [0.2, 0.25) is 0 Å². The summed E-state index contributed by atoms with van der Waals surface area (Å²) in [6, 6.07) is 3.66. The van der Waals surface area contributed by atoms with Crippen molar-refractivity contribution in [3.8, 4) is 11.6 Å². The maximum atomic E-state index is 12.3. The number of hydrogen-bond acceptors (Lipinski definition) is 7. The first-order valence-electron chi connectivity index (χ1n) is 9.12. The van der Waals surface area contributed by atoms with Gasteiger partial charge in [-0.25, -0.2) is 9.97 Å². The maximum absolute atomic E-state index is 12.3. The van der Waals surface area contributed by atoms with Gasteiger partial charge in [0.25, 0.3) is 0 Å². The fourth-order valence-corrected chi connectivity index (χ4v) is 3.51. The quantitative estimate of drug-likeness (QED) is 0.562. The number of fused-ring (bicyclic) bond motifs is 1. The summed E-state index contributed by atoms with van der Waals surface area (Å²) in [6.45, 7) is 2.26. The highest BCUT2D eigenvalue weighted by Crippen LogP contribution is 2.38. The molecule has 1 aromatic carbocycles. The molecule has 1 aliphatic carbocycles. The van der Waals surface area contributed by atoms with E-state index in [2.05, 4.69) is 9.97 Å². The summed E-state index contributed by atoms with van der Waals surface area (Å²) in [5, 5.41) is 19.3. The molecule has 4 rings (SSSR count). The molecule has 1 aliphatic heterocycles. The van der Waals surface area contributed by atoms with E-state index < -0.39 is 7.12 Å². The minimum atomic E-state index is -0.944. The second kappa shape index (κ2) is 7.38. The summed E-state index contributed by atoms with van der Waals surface area (Å²) in [6.07, 6.45) is 5.27. The molecule has 0 saturated heterocycles. The molecule has 2 aliphatic rings. The highest BCUT2D eigenvalue weighted by Gasteiger charge is 2.33. The number of carbonyl (C=O) groups is 1. The Labute approximate surface area is 157 Å². The first kappa shape index (κ1) is 18.1. The average molecular weight is 368 g/mol. The van der Waals surface area contributed by atoms with Crippen LogP contribution in [0.1, 0.15) is 40.9 Å². The molecule has 2 N–H and O–H groups in total. The van der Waals surface area contributed by atoms with Crippen LogP contribution in [0, 0.1) is 18.8 Å². The van der Waals surface area contributed by atoms with Gasteiger partial charge >= 0.3 is 7.12 Å². The van der Waals surface area contributed by atoms with Gasteiger partial charge < -0.3 is 19.5 Å². The number of rotatable bonds is 7. The van der Waals surface area contributed by atoms with Crippen molar-refractivity contribution in [2.24, 2.45) is 11.8 Å². The van der Waals surface area contributed by atoms with E-state index in [1.54, 1.807) is 6.07 Å². The van der Waals surface area contributed by atoms with Gasteiger partial charge in [-0.3, -0.25) is 4.79 Å². The number of aromatic nitrogens is 2. The second-order valence-electron chi connectivity index (χ2n) is 7.17. The first-order valence-corrected chi connectivity index (χ1v) is 9.12. The highest BCUT2D eigenvalue weighted by molar-refractivity contribution is 6.62. The number of aliphatic hydroxyl groups excluding tert-OH is 1. The van der Waals surface area contributed by atoms with E-state index in [-0.39, 0.29) is 36.3 Å². The third-order valence-corrected chi connectivity index (χ3v) is 5.30. The van der Waals surface area contributed by atoms with Gasteiger partial charge in [0.2, 0.25) is 5.88 Å². The monoisotopic (exact) mass is 368 g/mol. The molecule has 0 amide bonds. The third-order valence-electron chi connectivity index (χ3n) is 5.30. The number of nitrogens with zero attached hydrogens (tertiary/aromatic N) is 2. The summed E-state index contributed by atoms with van der Waals surface area (Å²) in [5.74, 6) is 1.17. The van der Waals surface area contributed by atoms with Gasteiger partial charge in [0.1, 0.15) is 11.4 Å². The van der Waals surface area contributed by atoms with Gasteiger partial charge in [-0.15, -0.1) is 0 Å². The van der Waals surface area contributed by atoms with Crippen LogP contribution in [0.3, 0.4) is 0 Å². The summed E-state index contributed by atoms with van der Waals surface area (Å²) >= 11 is 0. The van der Waals surface area contributed by atoms with E-state index in [1.807, 2.05) is 13.0 Å². The van der Waals surface area contributed by atoms with E-state index >= 15 is 0 Å². The van der Waals surface area contributed by atoms with Crippen molar-refractivity contribution in [1.29, 1.82) is 0 Å². The summed E-state index contributed by atoms with van der Waals surface area (Å²) < 4.78 is 11.0. The van der Waals surface area contributed by atoms with Crippen LogP contribution in [0.5, 0.6) is 11.6 Å². The molecule has 2 heterocycles. The van der Waals surface area contributed by atoms with Gasteiger partial charge in [-0.2, -0.15) is 0 Å². The van der Waals surface area contributed by atoms with E-state index in [0.717, 1.165) is 29.4 Å². The van der Waals surface area contributed by atoms with E-state index in [4.69, 9.17) is 9.39 Å². The number of hydrogen-bond donors (Lipinski definition) is 2. The van der Waals surface area contributed by atoms with E-state index in [9.17, 15) is 14.9 Å². The Balaban J connectivity index is 1.45. The molecule has 0 unspecified atom stereocenters. The summed E-state index contributed by atoms with van der Waals surface area (Å²) in [5.41, 5.74) is 2.72. The average Bonchev–Trinajstić information content (AvgIpc) is 3.45. The molecule has 0 spiro atoms. The van der Waals surface area contributed by atoms with Gasteiger partial charge in [-0.1, -0.05) is 6.07 Å². The van der Waals surface area contributed by atoms with E-state index in [1.165, 1.54) is 12.4 Å². The predicted molar refractivity (Wildman–Crippen MR) is 97.9 cm³/mol. The van der Waals surface area contributed by atoms with Gasteiger partial charge in [0, 0.05) is 13.0 Å². The van der Waals surface area contributed by atoms with Crippen LogP contribution >= 0.6 is 0 Å². The molecule has 0 bridgehead atoms. The number of carbonyl (C=O) groups excluding carboxylic acids is 1. The number of aliphatic hydroxyl groups is 1. The fraction of sp³-hybridized carbons (Fsp3) is 0.421. The largest absolute Gasteiger partial charge is 0.492 e. The molecular weight excluding hydrogens is 347 g/mol. The molecule has 27 heavy (non-hydrogen) atoms. The van der Waals surface area contributed by atoms with Crippen LogP contribution in [-0.4, -0.2) is 39.6 Å². The Morgan fingerprint density at radius 2 is 2.19 bits per heavy atom. The van der Waals surface area contributed by atoms with E-state index in [0.29, 0.717) is 18.3 Å². The Morgan fingerprint density at radius 3 is 2.85 bits per heavy atom. The van der Waals surface area contributed by atoms with Crippen LogP contribution in [0.4, 0.5) is 0 Å². The molecule has 7 nitrogen and oxygen atoms in total. The van der Waals surface area contributed by atoms with Crippen molar-refractivity contribution in [1.82, 2.24) is 9.97 Å². The second-order valence-corrected chi connectivity index (χ2v) is 7.17. The van der Waals surface area contributed by atoms with Crippen molar-refractivity contribution >= 4 is 18.4 Å². The van der Waals surface area contributed by atoms with Crippen LogP contribution < -0.4 is 10.2 Å². The third kappa shape index (κ3) is 3.74. The van der Waals surface area contributed by atoms with Gasteiger partial charge in [-0.05, 0) is 54.3 Å². The zero-order chi connectivity index (χ0) is 19.0. The molecule has 0 radical (unpaired) electrons. The molecule has 8 heteroatoms. The minimum absolute atomic E-state index is 0.0120. The van der Waals surface area contributed by atoms with Crippen molar-refractivity contribution in [3.63, 3.8) is 0 Å². The molecule has 1 fully saturated rings. The predicted octanol–water partition coefficient (Wildman–Crippen LogP) is 1.39. The van der Waals surface area contributed by atoms with Crippen molar-refractivity contribution in [2.45, 2.75) is 32.8 Å². The Kier molecular flexibility index (Phi) is 4.95. The van der Waals surface area contributed by atoms with Crippen molar-refractivity contribution in [2.75, 3.05) is 6.61 Å². The lowest BCUT2D eigenvalue weighted by molar-refractivity contribution is 0.0919. The standard InChI is InChI=1S/C19H21BN2O5/c1-11-17(5-4-13-10-26-20(25)19(11)13)27-18-8-21-15(7-22-18)16(24)6-14(9-23)12-2-3-12/h4-5,7-8,12,14,23,25H,2-3,6,9-10H2,1H3/t14-/m1/s1. The van der Waals surface area contributed by atoms with Gasteiger partial charge in [0.05, 0.1) is 19.0 Å². The fourth-order valence-electron chi connectivity index (χ4n) is 3.51. The van der Waals surface area contributed by atoms with Crippen LogP contribution in [0.25, 0.3) is 0 Å². The summed E-state index contributed by atoms with van der Waals surface area (Å²) in [4.78, 5) is 20.7. The number of ketones is 1. The first-order chi connectivity index (χ1) is 13.1. The van der Waals surface area contributed by atoms with Crippen LogP contribution in [0.15, 0.2) is 24.5 Å². The normalized spacial score (nSPS) is 16.9. The lowest BCUT2D eigenvalue weighted by Gasteiger charge is -2.12. The zero-order valence-electron chi connectivity index (χ0n) is 15.1.